The summed E-state index contributed by atoms with van der Waals surface area (Å²) < 4.78 is 5.21. The molecule has 5 heteroatoms. The van der Waals surface area contributed by atoms with Gasteiger partial charge in [-0.1, -0.05) is 12.1 Å². The van der Waals surface area contributed by atoms with Crippen LogP contribution in [0.15, 0.2) is 24.3 Å². The third-order valence-corrected chi connectivity index (χ3v) is 4.48. The van der Waals surface area contributed by atoms with Gasteiger partial charge in [0.05, 0.1) is 13.2 Å². The number of benzene rings is 1. The van der Waals surface area contributed by atoms with Gasteiger partial charge in [-0.3, -0.25) is 0 Å². The number of rotatable bonds is 6. The average molecular weight is 320 g/mol. The summed E-state index contributed by atoms with van der Waals surface area (Å²) >= 11 is 0. The lowest BCUT2D eigenvalue weighted by Gasteiger charge is -2.34. The number of methoxy groups -OCH3 is 1. The lowest BCUT2D eigenvalue weighted by atomic mass is 9.94. The fraction of sp³-hybridized carbons (Fsp3) is 0.611. The van der Waals surface area contributed by atoms with Gasteiger partial charge in [0, 0.05) is 25.6 Å². The molecule has 0 bridgehead atoms. The highest BCUT2D eigenvalue weighted by molar-refractivity contribution is 5.74. The summed E-state index contributed by atoms with van der Waals surface area (Å²) in [7, 11) is 1.67. The van der Waals surface area contributed by atoms with Crippen molar-refractivity contribution in [3.05, 3.63) is 29.8 Å². The third-order valence-electron chi connectivity index (χ3n) is 4.48. The number of hydrogen-bond acceptors (Lipinski definition) is 3. The molecule has 1 aliphatic rings. The van der Waals surface area contributed by atoms with Crippen molar-refractivity contribution in [1.82, 2.24) is 10.2 Å². The van der Waals surface area contributed by atoms with Gasteiger partial charge in [-0.2, -0.15) is 0 Å². The van der Waals surface area contributed by atoms with Crippen molar-refractivity contribution in [2.75, 3.05) is 26.7 Å². The van der Waals surface area contributed by atoms with E-state index in [0.717, 1.165) is 38.0 Å². The smallest absolute Gasteiger partial charge is 0.317 e. The van der Waals surface area contributed by atoms with E-state index in [-0.39, 0.29) is 18.1 Å². The van der Waals surface area contributed by atoms with Crippen LogP contribution < -0.4 is 10.1 Å². The molecule has 2 rings (SSSR count). The lowest BCUT2D eigenvalue weighted by molar-refractivity contribution is 0.0739. The fourth-order valence-corrected chi connectivity index (χ4v) is 3.02. The minimum absolute atomic E-state index is 0.0130. The Labute approximate surface area is 138 Å². The molecule has 1 aromatic carbocycles. The molecule has 1 saturated heterocycles. The monoisotopic (exact) mass is 320 g/mol. The highest BCUT2D eigenvalue weighted by atomic mass is 16.5. The number of piperidine rings is 1. The number of likely N-dealkylation sites (tertiary alicyclic amines) is 1. The molecule has 23 heavy (non-hydrogen) atoms. The van der Waals surface area contributed by atoms with Crippen molar-refractivity contribution in [3.8, 4) is 5.75 Å². The summed E-state index contributed by atoms with van der Waals surface area (Å²) in [6.07, 6.45) is 3.42. The number of amides is 2. The third kappa shape index (κ3) is 5.43. The van der Waals surface area contributed by atoms with E-state index in [2.05, 4.69) is 11.4 Å². The van der Waals surface area contributed by atoms with Gasteiger partial charge < -0.3 is 20.1 Å². The number of carbonyl (C=O) groups is 1. The van der Waals surface area contributed by atoms with Crippen molar-refractivity contribution in [2.45, 2.75) is 38.7 Å². The molecule has 0 aromatic heterocycles. The molecule has 2 N–H and O–H groups in total. The Morgan fingerprint density at radius 1 is 1.52 bits per heavy atom. The first-order valence-electron chi connectivity index (χ1n) is 8.44. The van der Waals surface area contributed by atoms with Gasteiger partial charge in [-0.25, -0.2) is 4.79 Å². The van der Waals surface area contributed by atoms with Crippen LogP contribution >= 0.6 is 0 Å². The Hall–Kier alpha value is -1.75. The van der Waals surface area contributed by atoms with E-state index in [9.17, 15) is 9.90 Å². The van der Waals surface area contributed by atoms with E-state index >= 15 is 0 Å². The second-order valence-electron chi connectivity index (χ2n) is 6.28. The average Bonchev–Trinajstić information content (AvgIpc) is 2.58. The summed E-state index contributed by atoms with van der Waals surface area (Å²) in [4.78, 5) is 14.0. The molecule has 5 nitrogen and oxygen atoms in total. The van der Waals surface area contributed by atoms with Gasteiger partial charge in [0.15, 0.2) is 0 Å². The number of nitrogens with zero attached hydrogens (tertiary/aromatic N) is 1. The molecule has 1 fully saturated rings. The standard InChI is InChI=1S/C18H28N2O3/c1-14(21)16-8-5-11-20(13-16)18(22)19-10-4-7-15-6-3-9-17(12-15)23-2/h3,6,9,12,14,16,21H,4-5,7-8,10-11,13H2,1-2H3,(H,19,22). The molecule has 0 aliphatic carbocycles. The van der Waals surface area contributed by atoms with E-state index in [4.69, 9.17) is 4.74 Å². The van der Waals surface area contributed by atoms with Gasteiger partial charge in [0.1, 0.15) is 5.75 Å². The van der Waals surface area contributed by atoms with Crippen molar-refractivity contribution in [3.63, 3.8) is 0 Å². The van der Waals surface area contributed by atoms with Crippen LogP contribution in [0.2, 0.25) is 0 Å². The molecule has 2 amide bonds. The maximum absolute atomic E-state index is 12.2. The highest BCUT2D eigenvalue weighted by Gasteiger charge is 2.26. The Morgan fingerprint density at radius 2 is 2.35 bits per heavy atom. The van der Waals surface area contributed by atoms with Crippen LogP contribution in [0.5, 0.6) is 5.75 Å². The number of nitrogens with one attached hydrogen (secondary N) is 1. The first kappa shape index (κ1) is 17.6. The molecule has 0 spiro atoms. The van der Waals surface area contributed by atoms with Gasteiger partial charge in [0.25, 0.3) is 0 Å². The minimum atomic E-state index is -0.348. The number of aliphatic hydroxyl groups excluding tert-OH is 1. The molecule has 1 aliphatic heterocycles. The summed E-state index contributed by atoms with van der Waals surface area (Å²) in [6, 6.07) is 8.00. The predicted molar refractivity (Wildman–Crippen MR) is 90.7 cm³/mol. The van der Waals surface area contributed by atoms with Crippen LogP contribution in [-0.2, 0) is 6.42 Å². The van der Waals surface area contributed by atoms with Gasteiger partial charge >= 0.3 is 6.03 Å². The molecule has 2 atom stereocenters. The van der Waals surface area contributed by atoms with Crippen LogP contribution in [0, 0.1) is 5.92 Å². The maximum atomic E-state index is 12.2. The second kappa shape index (κ2) is 8.77. The largest absolute Gasteiger partial charge is 0.497 e. The summed E-state index contributed by atoms with van der Waals surface area (Å²) in [5.74, 6) is 1.07. The van der Waals surface area contributed by atoms with Crippen LogP contribution in [0.1, 0.15) is 31.7 Å². The first-order chi connectivity index (χ1) is 11.1. The fourth-order valence-electron chi connectivity index (χ4n) is 3.02. The normalized spacial score (nSPS) is 19.3. The number of hydrogen-bond donors (Lipinski definition) is 2. The molecule has 0 radical (unpaired) electrons. The Bertz CT molecular complexity index is 505. The summed E-state index contributed by atoms with van der Waals surface area (Å²) in [5, 5.41) is 12.7. The van der Waals surface area contributed by atoms with Crippen molar-refractivity contribution >= 4 is 6.03 Å². The molecular formula is C18H28N2O3. The molecule has 1 heterocycles. The number of carbonyl (C=O) groups excluding carboxylic acids is 1. The quantitative estimate of drug-likeness (QED) is 0.791. The molecule has 2 unspecified atom stereocenters. The van der Waals surface area contributed by atoms with Crippen LogP contribution in [0.25, 0.3) is 0 Å². The summed E-state index contributed by atoms with van der Waals surface area (Å²) in [5.41, 5.74) is 1.21. The first-order valence-corrected chi connectivity index (χ1v) is 8.44. The van der Waals surface area contributed by atoms with Gasteiger partial charge in [0.2, 0.25) is 0 Å². The van der Waals surface area contributed by atoms with Gasteiger partial charge in [-0.05, 0) is 50.3 Å². The number of urea groups is 1. The second-order valence-corrected chi connectivity index (χ2v) is 6.28. The predicted octanol–water partition coefficient (Wildman–Crippen LogP) is 2.43. The zero-order valence-electron chi connectivity index (χ0n) is 14.1. The van der Waals surface area contributed by atoms with E-state index in [1.54, 1.807) is 14.0 Å². The van der Waals surface area contributed by atoms with Crippen molar-refractivity contribution in [1.29, 1.82) is 0 Å². The highest BCUT2D eigenvalue weighted by Crippen LogP contribution is 2.19. The zero-order chi connectivity index (χ0) is 16.7. The van der Waals surface area contributed by atoms with E-state index in [1.807, 2.05) is 23.1 Å². The van der Waals surface area contributed by atoms with Crippen LogP contribution in [0.4, 0.5) is 4.79 Å². The Morgan fingerprint density at radius 3 is 3.09 bits per heavy atom. The maximum Gasteiger partial charge on any atom is 0.317 e. The lowest BCUT2D eigenvalue weighted by Crippen LogP contribution is -2.47. The van der Waals surface area contributed by atoms with E-state index in [0.29, 0.717) is 13.1 Å². The van der Waals surface area contributed by atoms with Crippen molar-refractivity contribution < 1.29 is 14.6 Å². The van der Waals surface area contributed by atoms with E-state index in [1.165, 1.54) is 5.56 Å². The number of aliphatic hydroxyl groups is 1. The van der Waals surface area contributed by atoms with Crippen LogP contribution in [0.3, 0.4) is 0 Å². The molecular weight excluding hydrogens is 292 g/mol. The van der Waals surface area contributed by atoms with Crippen LogP contribution in [-0.4, -0.2) is 48.9 Å². The topological polar surface area (TPSA) is 61.8 Å². The Balaban J connectivity index is 1.70. The molecule has 1 aromatic rings. The summed E-state index contributed by atoms with van der Waals surface area (Å²) in [6.45, 7) is 3.90. The SMILES string of the molecule is COc1cccc(CCCNC(=O)N2CCCC(C(C)O)C2)c1. The zero-order valence-corrected chi connectivity index (χ0v) is 14.1. The number of aryl methyl sites for hydroxylation is 1. The van der Waals surface area contributed by atoms with E-state index < -0.39 is 0 Å². The Kier molecular flexibility index (Phi) is 6.71. The van der Waals surface area contributed by atoms with Gasteiger partial charge in [-0.15, -0.1) is 0 Å². The minimum Gasteiger partial charge on any atom is -0.497 e. The molecule has 128 valence electrons. The van der Waals surface area contributed by atoms with Crippen molar-refractivity contribution in [2.24, 2.45) is 5.92 Å². The molecule has 0 saturated carbocycles. The number of ether oxygens (including phenoxy) is 1.